The van der Waals surface area contributed by atoms with Crippen molar-refractivity contribution in [3.05, 3.63) is 95.9 Å². The van der Waals surface area contributed by atoms with Gasteiger partial charge in [0.2, 0.25) is 5.76 Å². The van der Waals surface area contributed by atoms with Crippen LogP contribution in [0.2, 0.25) is 0 Å². The van der Waals surface area contributed by atoms with E-state index < -0.39 is 5.97 Å². The minimum absolute atomic E-state index is 0.0657. The fourth-order valence-electron chi connectivity index (χ4n) is 3.57. The van der Waals surface area contributed by atoms with Crippen LogP contribution in [0.5, 0.6) is 23.0 Å². The molecule has 1 N–H and O–H groups in total. The Labute approximate surface area is 209 Å². The fourth-order valence-corrected chi connectivity index (χ4v) is 3.57. The summed E-state index contributed by atoms with van der Waals surface area (Å²) in [5.41, 5.74) is 2.09. The van der Waals surface area contributed by atoms with Gasteiger partial charge in [-0.15, -0.1) is 0 Å². The second kappa shape index (κ2) is 11.3. The standard InChI is InChI=1S/C29H27NO6/c1-19(2)35-28-21(17-30-25-14-13-23(33-3)16-24(25)28)18-34-26-12-8-7-9-20(26)15-27(29(31)32)36-22-10-5-4-6-11-22/h4-17,19H,18H2,1-3H3,(H,31,32). The summed E-state index contributed by atoms with van der Waals surface area (Å²) in [5, 5.41) is 10.5. The average Bonchev–Trinajstić information content (AvgIpc) is 2.88. The highest BCUT2D eigenvalue weighted by atomic mass is 16.5. The summed E-state index contributed by atoms with van der Waals surface area (Å²) in [6.07, 6.45) is 3.11. The topological polar surface area (TPSA) is 87.1 Å². The molecule has 0 unspecified atom stereocenters. The maximum Gasteiger partial charge on any atom is 0.371 e. The van der Waals surface area contributed by atoms with E-state index in [1.54, 1.807) is 55.8 Å². The number of ether oxygens (including phenoxy) is 4. The van der Waals surface area contributed by atoms with Crippen molar-refractivity contribution in [1.82, 2.24) is 4.98 Å². The largest absolute Gasteiger partial charge is 0.497 e. The number of carbonyl (C=O) groups is 1. The van der Waals surface area contributed by atoms with Gasteiger partial charge in [-0.1, -0.05) is 36.4 Å². The highest BCUT2D eigenvalue weighted by molar-refractivity contribution is 5.91. The Morgan fingerprint density at radius 3 is 2.47 bits per heavy atom. The number of rotatable bonds is 10. The highest BCUT2D eigenvalue weighted by Crippen LogP contribution is 2.33. The Balaban J connectivity index is 1.65. The molecule has 1 aromatic heterocycles. The molecule has 0 saturated carbocycles. The number of nitrogens with zero attached hydrogens (tertiary/aromatic N) is 1. The minimum Gasteiger partial charge on any atom is -0.497 e. The van der Waals surface area contributed by atoms with Crippen LogP contribution in [-0.4, -0.2) is 29.3 Å². The van der Waals surface area contributed by atoms with Crippen LogP contribution in [0, 0.1) is 0 Å². The van der Waals surface area contributed by atoms with Crippen molar-refractivity contribution in [3.8, 4) is 23.0 Å². The number of hydrogen-bond acceptors (Lipinski definition) is 6. The van der Waals surface area contributed by atoms with Gasteiger partial charge in [0.15, 0.2) is 0 Å². The van der Waals surface area contributed by atoms with Crippen molar-refractivity contribution in [2.24, 2.45) is 0 Å². The Kier molecular flexibility index (Phi) is 7.70. The monoisotopic (exact) mass is 485 g/mol. The van der Waals surface area contributed by atoms with E-state index in [0.29, 0.717) is 28.6 Å². The smallest absolute Gasteiger partial charge is 0.371 e. The van der Waals surface area contributed by atoms with Crippen molar-refractivity contribution in [1.29, 1.82) is 0 Å². The Bertz CT molecular complexity index is 1380. The molecule has 3 aromatic carbocycles. The Morgan fingerprint density at radius 1 is 1.00 bits per heavy atom. The van der Waals surface area contributed by atoms with Crippen molar-refractivity contribution in [3.63, 3.8) is 0 Å². The fraction of sp³-hybridized carbons (Fsp3) is 0.172. The molecule has 36 heavy (non-hydrogen) atoms. The maximum atomic E-state index is 11.9. The molecule has 0 saturated heterocycles. The number of aromatic nitrogens is 1. The third-order valence-corrected chi connectivity index (χ3v) is 5.22. The summed E-state index contributed by atoms with van der Waals surface area (Å²) in [6, 6.07) is 21.5. The molecule has 0 atom stereocenters. The molecule has 4 rings (SSSR count). The molecule has 0 aliphatic heterocycles. The first-order valence-corrected chi connectivity index (χ1v) is 11.5. The predicted octanol–water partition coefficient (Wildman–Crippen LogP) is 6.11. The van der Waals surface area contributed by atoms with Gasteiger partial charge in [0, 0.05) is 17.1 Å². The second-order valence-corrected chi connectivity index (χ2v) is 8.22. The maximum absolute atomic E-state index is 11.9. The zero-order valence-electron chi connectivity index (χ0n) is 20.3. The van der Waals surface area contributed by atoms with Gasteiger partial charge >= 0.3 is 5.97 Å². The average molecular weight is 486 g/mol. The van der Waals surface area contributed by atoms with Crippen molar-refractivity contribution in [2.45, 2.75) is 26.6 Å². The highest BCUT2D eigenvalue weighted by Gasteiger charge is 2.16. The van der Waals surface area contributed by atoms with E-state index in [1.807, 2.05) is 44.2 Å². The minimum atomic E-state index is -1.19. The molecule has 1 heterocycles. The molecule has 0 aliphatic carbocycles. The van der Waals surface area contributed by atoms with Gasteiger partial charge in [-0.05, 0) is 56.3 Å². The Hall–Kier alpha value is -4.52. The van der Waals surface area contributed by atoms with Crippen LogP contribution in [0.4, 0.5) is 0 Å². The SMILES string of the molecule is COc1ccc2ncc(COc3ccccc3C=C(Oc3ccccc3)C(=O)O)c(OC(C)C)c2c1. The molecule has 0 spiro atoms. The third-order valence-electron chi connectivity index (χ3n) is 5.22. The third kappa shape index (κ3) is 5.93. The van der Waals surface area contributed by atoms with E-state index in [1.165, 1.54) is 6.08 Å². The number of para-hydroxylation sites is 2. The predicted molar refractivity (Wildman–Crippen MR) is 138 cm³/mol. The zero-order valence-corrected chi connectivity index (χ0v) is 20.3. The first kappa shape index (κ1) is 24.6. The van der Waals surface area contributed by atoms with E-state index >= 15 is 0 Å². The van der Waals surface area contributed by atoms with Crippen molar-refractivity contribution < 1.29 is 28.8 Å². The van der Waals surface area contributed by atoms with Gasteiger partial charge in [0.25, 0.3) is 0 Å². The summed E-state index contributed by atoms with van der Waals surface area (Å²) in [5.74, 6) is 0.882. The summed E-state index contributed by atoms with van der Waals surface area (Å²) in [4.78, 5) is 16.4. The second-order valence-electron chi connectivity index (χ2n) is 8.22. The quantitative estimate of drug-likeness (QED) is 0.214. The van der Waals surface area contributed by atoms with Gasteiger partial charge in [-0.25, -0.2) is 4.79 Å². The van der Waals surface area contributed by atoms with Crippen LogP contribution in [0.1, 0.15) is 25.0 Å². The van der Waals surface area contributed by atoms with Gasteiger partial charge in [0.1, 0.15) is 29.6 Å². The first-order chi connectivity index (χ1) is 17.4. The molecular formula is C29H27NO6. The lowest BCUT2D eigenvalue weighted by Crippen LogP contribution is -2.10. The summed E-state index contributed by atoms with van der Waals surface area (Å²) in [7, 11) is 1.61. The lowest BCUT2D eigenvalue weighted by molar-refractivity contribution is -0.134. The summed E-state index contributed by atoms with van der Waals surface area (Å²) in [6.45, 7) is 4.07. The summed E-state index contributed by atoms with van der Waals surface area (Å²) >= 11 is 0. The van der Waals surface area contributed by atoms with Gasteiger partial charge < -0.3 is 24.1 Å². The molecular weight excluding hydrogens is 458 g/mol. The van der Waals surface area contributed by atoms with E-state index in [-0.39, 0.29) is 18.5 Å². The van der Waals surface area contributed by atoms with Crippen LogP contribution in [-0.2, 0) is 11.4 Å². The lowest BCUT2D eigenvalue weighted by Gasteiger charge is -2.18. The van der Waals surface area contributed by atoms with Crippen LogP contribution in [0.25, 0.3) is 17.0 Å². The number of carboxylic acid groups (broad SMARTS) is 1. The molecule has 7 nitrogen and oxygen atoms in total. The number of hydrogen-bond donors (Lipinski definition) is 1. The van der Waals surface area contributed by atoms with E-state index in [4.69, 9.17) is 18.9 Å². The van der Waals surface area contributed by atoms with Gasteiger partial charge in [-0.3, -0.25) is 4.98 Å². The number of methoxy groups -OCH3 is 1. The molecule has 0 fully saturated rings. The normalized spacial score (nSPS) is 11.4. The molecule has 7 heteroatoms. The summed E-state index contributed by atoms with van der Waals surface area (Å²) < 4.78 is 23.3. The first-order valence-electron chi connectivity index (χ1n) is 11.5. The molecule has 0 bridgehead atoms. The van der Waals surface area contributed by atoms with E-state index in [2.05, 4.69) is 4.98 Å². The molecule has 0 radical (unpaired) electrons. The van der Waals surface area contributed by atoms with E-state index in [0.717, 1.165) is 16.5 Å². The van der Waals surface area contributed by atoms with Crippen molar-refractivity contribution >= 4 is 22.9 Å². The Morgan fingerprint density at radius 2 is 1.75 bits per heavy atom. The molecule has 184 valence electrons. The van der Waals surface area contributed by atoms with Crippen LogP contribution in [0.3, 0.4) is 0 Å². The molecule has 0 amide bonds. The van der Waals surface area contributed by atoms with Crippen molar-refractivity contribution in [2.75, 3.05) is 7.11 Å². The van der Waals surface area contributed by atoms with Crippen LogP contribution in [0.15, 0.2) is 84.8 Å². The lowest BCUT2D eigenvalue weighted by atomic mass is 10.1. The number of pyridine rings is 1. The number of fused-ring (bicyclic) bond motifs is 1. The molecule has 0 aliphatic rings. The number of benzene rings is 3. The number of aliphatic carboxylic acids is 1. The zero-order chi connectivity index (χ0) is 25.5. The van der Waals surface area contributed by atoms with Crippen LogP contribution < -0.4 is 18.9 Å². The molecule has 4 aromatic rings. The number of carboxylic acids is 1. The van der Waals surface area contributed by atoms with Gasteiger partial charge in [-0.2, -0.15) is 0 Å². The van der Waals surface area contributed by atoms with E-state index in [9.17, 15) is 9.90 Å². The van der Waals surface area contributed by atoms with Gasteiger partial charge in [0.05, 0.1) is 24.3 Å². The van der Waals surface area contributed by atoms with Crippen LogP contribution >= 0.6 is 0 Å².